The Labute approximate surface area is 95.5 Å². The van der Waals surface area contributed by atoms with Crippen LogP contribution in [0.25, 0.3) is 0 Å². The van der Waals surface area contributed by atoms with Crippen molar-refractivity contribution >= 4 is 37.1 Å². The van der Waals surface area contributed by atoms with Crippen LogP contribution >= 0.6 is 27.3 Å². The fraction of sp³-hybridized carbons (Fsp3) is 0.429. The van der Waals surface area contributed by atoms with E-state index < -0.39 is 9.84 Å². The molecule has 7 heteroatoms. The van der Waals surface area contributed by atoms with Crippen molar-refractivity contribution in [3.63, 3.8) is 0 Å². The minimum Gasteiger partial charge on any atom is -0.271 e. The van der Waals surface area contributed by atoms with Gasteiger partial charge in [-0.1, -0.05) is 0 Å². The third kappa shape index (κ3) is 3.32. The molecule has 0 amide bonds. The molecule has 1 unspecified atom stereocenters. The van der Waals surface area contributed by atoms with Crippen molar-refractivity contribution in [3.05, 3.63) is 20.8 Å². The largest absolute Gasteiger partial charge is 0.271 e. The van der Waals surface area contributed by atoms with Crippen molar-refractivity contribution in [1.29, 1.82) is 0 Å². The molecular formula is C7H11BrN2O2S2. The van der Waals surface area contributed by atoms with E-state index in [-0.39, 0.29) is 11.8 Å². The number of nitrogens with one attached hydrogen (secondary N) is 1. The van der Waals surface area contributed by atoms with Crippen LogP contribution < -0.4 is 11.3 Å². The number of sulfone groups is 1. The molecule has 0 fully saturated rings. The average molecular weight is 299 g/mol. The quantitative estimate of drug-likeness (QED) is 0.644. The molecule has 14 heavy (non-hydrogen) atoms. The summed E-state index contributed by atoms with van der Waals surface area (Å²) in [4.78, 5) is 0. The maximum absolute atomic E-state index is 11.1. The van der Waals surface area contributed by atoms with Crippen molar-refractivity contribution in [2.45, 2.75) is 6.04 Å². The summed E-state index contributed by atoms with van der Waals surface area (Å²) in [6.45, 7) is 0. The maximum Gasteiger partial charge on any atom is 0.149 e. The van der Waals surface area contributed by atoms with Crippen molar-refractivity contribution in [1.82, 2.24) is 5.43 Å². The van der Waals surface area contributed by atoms with Crippen molar-refractivity contribution < 1.29 is 8.42 Å². The average Bonchev–Trinajstić information content (AvgIpc) is 2.45. The lowest BCUT2D eigenvalue weighted by atomic mass is 10.2. The summed E-state index contributed by atoms with van der Waals surface area (Å²) < 4.78 is 23.1. The second-order valence-electron chi connectivity index (χ2n) is 2.99. The number of hydrogen-bond donors (Lipinski definition) is 2. The minimum atomic E-state index is -3.04. The summed E-state index contributed by atoms with van der Waals surface area (Å²) in [5.74, 6) is 5.31. The summed E-state index contributed by atoms with van der Waals surface area (Å²) in [7, 11) is -3.04. The highest BCUT2D eigenvalue weighted by molar-refractivity contribution is 9.10. The Hall–Kier alpha value is 0.0500. The molecule has 0 aliphatic rings. The maximum atomic E-state index is 11.1. The summed E-state index contributed by atoms with van der Waals surface area (Å²) in [6, 6.07) is -0.356. The molecule has 0 aliphatic heterocycles. The first-order valence-electron chi connectivity index (χ1n) is 3.79. The first-order valence-corrected chi connectivity index (χ1v) is 7.59. The van der Waals surface area contributed by atoms with Crippen LogP contribution in [0.4, 0.5) is 0 Å². The lowest BCUT2D eigenvalue weighted by Gasteiger charge is -2.13. The molecule has 0 spiro atoms. The van der Waals surface area contributed by atoms with Crippen LogP contribution in [-0.2, 0) is 9.84 Å². The molecule has 0 aromatic carbocycles. The topological polar surface area (TPSA) is 72.2 Å². The SMILES string of the molecule is CS(=O)(=O)CC(NN)c1cscc1Br. The Kier molecular flexibility index (Phi) is 4.08. The highest BCUT2D eigenvalue weighted by Crippen LogP contribution is 2.27. The Morgan fingerprint density at radius 2 is 2.29 bits per heavy atom. The van der Waals surface area contributed by atoms with Gasteiger partial charge in [0.2, 0.25) is 0 Å². The molecule has 0 aliphatic carbocycles. The lowest BCUT2D eigenvalue weighted by Crippen LogP contribution is -2.32. The number of thiophene rings is 1. The number of halogens is 1. The Morgan fingerprint density at radius 3 is 2.64 bits per heavy atom. The van der Waals surface area contributed by atoms with E-state index in [4.69, 9.17) is 5.84 Å². The van der Waals surface area contributed by atoms with E-state index in [1.165, 1.54) is 17.6 Å². The molecule has 4 nitrogen and oxygen atoms in total. The second-order valence-corrected chi connectivity index (χ2v) is 6.77. The standard InChI is InChI=1S/C7H11BrN2O2S2/c1-14(11,12)4-7(10-9)5-2-13-3-6(5)8/h2-3,7,10H,4,9H2,1H3. The molecule has 1 aromatic heterocycles. The predicted molar refractivity (Wildman–Crippen MR) is 61.8 cm³/mol. The molecular weight excluding hydrogens is 288 g/mol. The number of hydrazine groups is 1. The van der Waals surface area contributed by atoms with E-state index in [2.05, 4.69) is 21.4 Å². The third-order valence-electron chi connectivity index (χ3n) is 1.69. The van der Waals surface area contributed by atoms with E-state index in [0.29, 0.717) is 0 Å². The number of rotatable bonds is 4. The Bertz CT molecular complexity index is 402. The van der Waals surface area contributed by atoms with Crippen LogP contribution in [0.5, 0.6) is 0 Å². The van der Waals surface area contributed by atoms with Crippen LogP contribution in [0.3, 0.4) is 0 Å². The van der Waals surface area contributed by atoms with Gasteiger partial charge in [0.05, 0.1) is 11.8 Å². The molecule has 0 radical (unpaired) electrons. The minimum absolute atomic E-state index is 0.00116. The summed E-state index contributed by atoms with van der Waals surface area (Å²) in [5, 5.41) is 3.77. The van der Waals surface area contributed by atoms with Crippen LogP contribution in [-0.4, -0.2) is 20.4 Å². The molecule has 1 atom stereocenters. The molecule has 0 bridgehead atoms. The summed E-state index contributed by atoms with van der Waals surface area (Å²) in [6.07, 6.45) is 1.19. The first kappa shape index (κ1) is 12.1. The smallest absolute Gasteiger partial charge is 0.149 e. The third-order valence-corrected chi connectivity index (χ3v) is 4.38. The van der Waals surface area contributed by atoms with Gasteiger partial charge in [-0.3, -0.25) is 11.3 Å². The van der Waals surface area contributed by atoms with Crippen molar-refractivity contribution in [2.24, 2.45) is 5.84 Å². The number of hydrogen-bond acceptors (Lipinski definition) is 5. The van der Waals surface area contributed by atoms with Gasteiger partial charge in [0, 0.05) is 16.1 Å². The summed E-state index contributed by atoms with van der Waals surface area (Å²) in [5.41, 5.74) is 3.38. The van der Waals surface area contributed by atoms with Crippen LogP contribution in [0.15, 0.2) is 15.2 Å². The molecule has 80 valence electrons. The first-order chi connectivity index (χ1) is 6.44. The van der Waals surface area contributed by atoms with E-state index in [1.54, 1.807) is 0 Å². The fourth-order valence-electron chi connectivity index (χ4n) is 1.07. The van der Waals surface area contributed by atoms with Crippen molar-refractivity contribution in [2.75, 3.05) is 12.0 Å². The predicted octanol–water partition coefficient (Wildman–Crippen LogP) is 1.06. The lowest BCUT2D eigenvalue weighted by molar-refractivity contribution is 0.564. The molecule has 1 rings (SSSR count). The van der Waals surface area contributed by atoms with Crippen LogP contribution in [0.1, 0.15) is 11.6 Å². The second kappa shape index (κ2) is 4.71. The zero-order valence-corrected chi connectivity index (χ0v) is 10.7. The Morgan fingerprint density at radius 1 is 1.64 bits per heavy atom. The van der Waals surface area contributed by atoms with Gasteiger partial charge in [-0.05, 0) is 26.9 Å². The molecule has 1 aromatic rings. The van der Waals surface area contributed by atoms with Gasteiger partial charge < -0.3 is 0 Å². The highest BCUT2D eigenvalue weighted by atomic mass is 79.9. The van der Waals surface area contributed by atoms with Gasteiger partial charge >= 0.3 is 0 Å². The van der Waals surface area contributed by atoms with Gasteiger partial charge in [0.1, 0.15) is 9.84 Å². The zero-order valence-electron chi connectivity index (χ0n) is 7.53. The van der Waals surface area contributed by atoms with E-state index >= 15 is 0 Å². The van der Waals surface area contributed by atoms with Gasteiger partial charge in [0.25, 0.3) is 0 Å². The molecule has 1 heterocycles. The normalized spacial score (nSPS) is 14.2. The van der Waals surface area contributed by atoms with E-state index in [0.717, 1.165) is 10.0 Å². The molecule has 0 saturated heterocycles. The fourth-order valence-corrected chi connectivity index (χ4v) is 3.58. The molecule has 0 saturated carbocycles. The van der Waals surface area contributed by atoms with Crippen molar-refractivity contribution in [3.8, 4) is 0 Å². The van der Waals surface area contributed by atoms with Gasteiger partial charge in [-0.2, -0.15) is 11.3 Å². The monoisotopic (exact) mass is 298 g/mol. The number of nitrogens with two attached hydrogens (primary N) is 1. The summed E-state index contributed by atoms with van der Waals surface area (Å²) >= 11 is 4.83. The van der Waals surface area contributed by atoms with E-state index in [1.807, 2.05) is 10.8 Å². The van der Waals surface area contributed by atoms with E-state index in [9.17, 15) is 8.42 Å². The van der Waals surface area contributed by atoms with Gasteiger partial charge in [-0.15, -0.1) is 0 Å². The van der Waals surface area contributed by atoms with Gasteiger partial charge in [0.15, 0.2) is 0 Å². The molecule has 3 N–H and O–H groups in total. The highest BCUT2D eigenvalue weighted by Gasteiger charge is 2.18. The zero-order chi connectivity index (χ0) is 10.8. The van der Waals surface area contributed by atoms with Gasteiger partial charge in [-0.25, -0.2) is 8.42 Å². The van der Waals surface area contributed by atoms with Crippen LogP contribution in [0.2, 0.25) is 0 Å². The Balaban J connectivity index is 2.89. The van der Waals surface area contributed by atoms with Crippen LogP contribution in [0, 0.1) is 0 Å².